The molecule has 0 N–H and O–H groups in total. The molecule has 3 aliphatic heterocycles. The summed E-state index contributed by atoms with van der Waals surface area (Å²) in [5.41, 5.74) is 1.70. The van der Waals surface area contributed by atoms with Crippen LogP contribution in [0.4, 0.5) is 5.69 Å². The Labute approximate surface area is 163 Å². The van der Waals surface area contributed by atoms with Crippen LogP contribution in [0, 0.1) is 11.3 Å². The van der Waals surface area contributed by atoms with E-state index in [1.807, 2.05) is 12.4 Å². The van der Waals surface area contributed by atoms with Crippen molar-refractivity contribution in [3.8, 4) is 0 Å². The topological polar surface area (TPSA) is 39.7 Å². The zero-order valence-corrected chi connectivity index (χ0v) is 16.8. The molecular weight excluding hydrogens is 336 g/mol. The van der Waals surface area contributed by atoms with Crippen molar-refractivity contribution in [3.63, 3.8) is 0 Å². The largest absolute Gasteiger partial charge is 0.371 e. The summed E-state index contributed by atoms with van der Waals surface area (Å²) in [6.45, 7) is 9.89. The maximum Gasteiger partial charge on any atom is 0.222 e. The van der Waals surface area contributed by atoms with Crippen LogP contribution in [-0.2, 0) is 4.79 Å². The van der Waals surface area contributed by atoms with Gasteiger partial charge in [0.1, 0.15) is 0 Å². The van der Waals surface area contributed by atoms with Gasteiger partial charge in [0.15, 0.2) is 0 Å². The summed E-state index contributed by atoms with van der Waals surface area (Å²) in [4.78, 5) is 24.1. The molecule has 148 valence electrons. The van der Waals surface area contributed by atoms with E-state index in [-0.39, 0.29) is 0 Å². The standard InChI is InChI=1S/C22H34N4O/c1-2-24-12-5-19(6-13-24)17-21(27)25-14-7-22(8-15-25)9-16-26(18-22)20-3-10-23-11-4-20/h3-4,10-11,19H,2,5-9,12-18H2,1H3. The Morgan fingerprint density at radius 2 is 1.74 bits per heavy atom. The van der Waals surface area contributed by atoms with Crippen LogP contribution in [0.15, 0.2) is 24.5 Å². The van der Waals surface area contributed by atoms with Crippen molar-refractivity contribution in [2.24, 2.45) is 11.3 Å². The molecule has 0 saturated carbocycles. The van der Waals surface area contributed by atoms with E-state index in [0.717, 1.165) is 52.0 Å². The van der Waals surface area contributed by atoms with Crippen molar-refractivity contribution >= 4 is 11.6 Å². The Balaban J connectivity index is 1.25. The predicted molar refractivity (Wildman–Crippen MR) is 109 cm³/mol. The molecular formula is C22H34N4O. The van der Waals surface area contributed by atoms with Gasteiger partial charge in [0.25, 0.3) is 0 Å². The minimum atomic E-state index is 0.406. The molecule has 1 aromatic heterocycles. The lowest BCUT2D eigenvalue weighted by Crippen LogP contribution is -2.45. The van der Waals surface area contributed by atoms with E-state index in [9.17, 15) is 4.79 Å². The minimum Gasteiger partial charge on any atom is -0.371 e. The molecule has 3 aliphatic rings. The van der Waals surface area contributed by atoms with Gasteiger partial charge < -0.3 is 14.7 Å². The molecule has 1 aromatic rings. The van der Waals surface area contributed by atoms with Crippen molar-refractivity contribution in [3.05, 3.63) is 24.5 Å². The predicted octanol–water partition coefficient (Wildman–Crippen LogP) is 3.02. The van der Waals surface area contributed by atoms with Gasteiger partial charge in [-0.05, 0) is 75.2 Å². The number of rotatable bonds is 4. The number of amides is 1. The second kappa shape index (κ2) is 8.17. The van der Waals surface area contributed by atoms with Crippen LogP contribution in [0.1, 0.15) is 45.4 Å². The lowest BCUT2D eigenvalue weighted by molar-refractivity contribution is -0.134. The Kier molecular flexibility index (Phi) is 5.67. The highest BCUT2D eigenvalue weighted by Gasteiger charge is 2.41. The van der Waals surface area contributed by atoms with Crippen molar-refractivity contribution in [2.45, 2.75) is 45.4 Å². The van der Waals surface area contributed by atoms with E-state index < -0.39 is 0 Å². The number of hydrogen-bond donors (Lipinski definition) is 0. The van der Waals surface area contributed by atoms with Crippen LogP contribution in [0.2, 0.25) is 0 Å². The molecule has 1 spiro atoms. The molecule has 27 heavy (non-hydrogen) atoms. The van der Waals surface area contributed by atoms with Crippen LogP contribution < -0.4 is 4.90 Å². The van der Waals surface area contributed by atoms with Crippen molar-refractivity contribution in [1.29, 1.82) is 0 Å². The summed E-state index contributed by atoms with van der Waals surface area (Å²) >= 11 is 0. The average molecular weight is 371 g/mol. The van der Waals surface area contributed by atoms with Crippen molar-refractivity contribution in [1.82, 2.24) is 14.8 Å². The third-order valence-electron chi connectivity index (χ3n) is 7.26. The van der Waals surface area contributed by atoms with Crippen molar-refractivity contribution in [2.75, 3.05) is 50.7 Å². The van der Waals surface area contributed by atoms with Gasteiger partial charge in [-0.2, -0.15) is 0 Å². The highest BCUT2D eigenvalue weighted by Crippen LogP contribution is 2.42. The van der Waals surface area contributed by atoms with Crippen LogP contribution in [0.25, 0.3) is 0 Å². The first-order valence-corrected chi connectivity index (χ1v) is 10.8. The summed E-state index contributed by atoms with van der Waals surface area (Å²) in [6.07, 6.45) is 10.5. The number of likely N-dealkylation sites (tertiary alicyclic amines) is 2. The van der Waals surface area contributed by atoms with Gasteiger partial charge >= 0.3 is 0 Å². The Bertz CT molecular complexity index is 618. The van der Waals surface area contributed by atoms with Gasteiger partial charge in [-0.1, -0.05) is 6.92 Å². The van der Waals surface area contributed by atoms with Crippen LogP contribution >= 0.6 is 0 Å². The quantitative estimate of drug-likeness (QED) is 0.817. The molecule has 0 aromatic carbocycles. The number of piperidine rings is 2. The Hall–Kier alpha value is -1.62. The monoisotopic (exact) mass is 370 g/mol. The minimum absolute atomic E-state index is 0.406. The van der Waals surface area contributed by atoms with E-state index in [1.165, 1.54) is 38.0 Å². The van der Waals surface area contributed by atoms with Gasteiger partial charge in [-0.3, -0.25) is 9.78 Å². The molecule has 3 fully saturated rings. The molecule has 1 amide bonds. The van der Waals surface area contributed by atoms with Gasteiger partial charge in [-0.25, -0.2) is 0 Å². The molecule has 3 saturated heterocycles. The second-order valence-corrected chi connectivity index (χ2v) is 8.84. The number of pyridine rings is 1. The summed E-state index contributed by atoms with van der Waals surface area (Å²) in [6, 6.07) is 4.23. The van der Waals surface area contributed by atoms with E-state index >= 15 is 0 Å². The number of anilines is 1. The Morgan fingerprint density at radius 1 is 1.07 bits per heavy atom. The molecule has 0 aliphatic carbocycles. The fourth-order valence-corrected chi connectivity index (χ4v) is 5.23. The van der Waals surface area contributed by atoms with Crippen LogP contribution in [0.3, 0.4) is 0 Å². The maximum atomic E-state index is 12.8. The summed E-state index contributed by atoms with van der Waals surface area (Å²) in [5, 5.41) is 0. The molecule has 0 atom stereocenters. The average Bonchev–Trinajstić information content (AvgIpc) is 3.13. The second-order valence-electron chi connectivity index (χ2n) is 8.84. The summed E-state index contributed by atoms with van der Waals surface area (Å²) in [7, 11) is 0. The van der Waals surface area contributed by atoms with E-state index in [2.05, 4.69) is 38.7 Å². The molecule has 5 heteroatoms. The number of carbonyl (C=O) groups excluding carboxylic acids is 1. The fourth-order valence-electron chi connectivity index (χ4n) is 5.23. The Morgan fingerprint density at radius 3 is 2.41 bits per heavy atom. The summed E-state index contributed by atoms with van der Waals surface area (Å²) < 4.78 is 0. The SMILES string of the molecule is CCN1CCC(CC(=O)N2CCC3(CC2)CCN(c2ccncc2)C3)CC1. The van der Waals surface area contributed by atoms with Gasteiger partial charge in [0.2, 0.25) is 5.91 Å². The third kappa shape index (κ3) is 4.29. The zero-order chi connectivity index (χ0) is 18.7. The molecule has 4 heterocycles. The van der Waals surface area contributed by atoms with Crippen LogP contribution in [0.5, 0.6) is 0 Å². The number of aromatic nitrogens is 1. The lowest BCUT2D eigenvalue weighted by Gasteiger charge is -2.40. The first-order valence-electron chi connectivity index (χ1n) is 10.8. The highest BCUT2D eigenvalue weighted by molar-refractivity contribution is 5.76. The maximum absolute atomic E-state index is 12.8. The van der Waals surface area contributed by atoms with Gasteiger partial charge in [0.05, 0.1) is 0 Å². The normalized spacial score (nSPS) is 23.9. The molecule has 0 bridgehead atoms. The fraction of sp³-hybridized carbons (Fsp3) is 0.727. The van der Waals surface area contributed by atoms with Crippen LogP contribution in [-0.4, -0.2) is 66.5 Å². The van der Waals surface area contributed by atoms with Gasteiger partial charge in [-0.15, -0.1) is 0 Å². The van der Waals surface area contributed by atoms with E-state index in [1.54, 1.807) is 0 Å². The smallest absolute Gasteiger partial charge is 0.222 e. The van der Waals surface area contributed by atoms with E-state index in [0.29, 0.717) is 17.2 Å². The third-order valence-corrected chi connectivity index (χ3v) is 7.26. The molecule has 5 nitrogen and oxygen atoms in total. The number of carbonyl (C=O) groups is 1. The van der Waals surface area contributed by atoms with Gasteiger partial charge in [0, 0.05) is 50.7 Å². The number of nitrogens with zero attached hydrogens (tertiary/aromatic N) is 4. The van der Waals surface area contributed by atoms with Crippen molar-refractivity contribution < 1.29 is 4.79 Å². The first-order chi connectivity index (χ1) is 13.2. The lowest BCUT2D eigenvalue weighted by atomic mass is 9.77. The molecule has 0 unspecified atom stereocenters. The summed E-state index contributed by atoms with van der Waals surface area (Å²) in [5.74, 6) is 1.01. The number of hydrogen-bond acceptors (Lipinski definition) is 4. The first kappa shape index (κ1) is 18.7. The highest BCUT2D eigenvalue weighted by atomic mass is 16.2. The van der Waals surface area contributed by atoms with E-state index in [4.69, 9.17) is 0 Å². The molecule has 4 rings (SSSR count). The zero-order valence-electron chi connectivity index (χ0n) is 16.8. The molecule has 0 radical (unpaired) electrons.